The van der Waals surface area contributed by atoms with E-state index in [1.807, 2.05) is 19.2 Å². The summed E-state index contributed by atoms with van der Waals surface area (Å²) in [7, 11) is 2.04. The number of likely N-dealkylation sites (N-methyl/N-ethyl adjacent to an activating group) is 1. The number of fused-ring (bicyclic) bond motifs is 1. The maximum absolute atomic E-state index is 11.2. The average molecular weight is 252 g/mol. The molecule has 0 amide bonds. The smallest absolute Gasteiger partial charge is 0.176 e. The molecule has 0 radical (unpaired) electrons. The SMILES string of the molecule is CN(CC1=CC(=O)CN1)c1ccc2ccccc2c1. The predicted octanol–water partition coefficient (Wildman–Crippen LogP) is 2.33. The van der Waals surface area contributed by atoms with Gasteiger partial charge in [0.05, 0.1) is 13.1 Å². The van der Waals surface area contributed by atoms with Crippen molar-refractivity contribution in [1.29, 1.82) is 0 Å². The van der Waals surface area contributed by atoms with Crippen LogP contribution in [0.3, 0.4) is 0 Å². The van der Waals surface area contributed by atoms with Crippen LogP contribution in [0, 0.1) is 0 Å². The maximum Gasteiger partial charge on any atom is 0.176 e. The van der Waals surface area contributed by atoms with Gasteiger partial charge in [0.25, 0.3) is 0 Å². The molecular formula is C16H16N2O. The molecule has 1 N–H and O–H groups in total. The molecule has 1 heterocycles. The summed E-state index contributed by atoms with van der Waals surface area (Å²) in [6, 6.07) is 14.7. The Morgan fingerprint density at radius 3 is 2.68 bits per heavy atom. The standard InChI is InChI=1S/C16H16N2O/c1-18(11-14-9-16(19)10-17-14)15-7-6-12-4-2-3-5-13(12)8-15/h2-9,17H,10-11H2,1H3. The molecule has 0 aromatic heterocycles. The van der Waals surface area contributed by atoms with Crippen LogP contribution >= 0.6 is 0 Å². The Bertz CT molecular complexity index is 661. The molecule has 2 aromatic carbocycles. The highest BCUT2D eigenvalue weighted by atomic mass is 16.1. The number of hydrogen-bond acceptors (Lipinski definition) is 3. The number of anilines is 1. The molecule has 1 aliphatic heterocycles. The minimum Gasteiger partial charge on any atom is -0.379 e. The van der Waals surface area contributed by atoms with E-state index in [0.717, 1.165) is 17.9 Å². The molecule has 0 unspecified atom stereocenters. The van der Waals surface area contributed by atoms with Gasteiger partial charge in [-0.2, -0.15) is 0 Å². The van der Waals surface area contributed by atoms with Crippen molar-refractivity contribution in [2.45, 2.75) is 0 Å². The van der Waals surface area contributed by atoms with Crippen molar-refractivity contribution < 1.29 is 4.79 Å². The van der Waals surface area contributed by atoms with Gasteiger partial charge in [-0.3, -0.25) is 4.79 Å². The van der Waals surface area contributed by atoms with Crippen molar-refractivity contribution >= 4 is 22.2 Å². The van der Waals surface area contributed by atoms with E-state index in [1.165, 1.54) is 10.8 Å². The number of rotatable bonds is 3. The Morgan fingerprint density at radius 2 is 1.95 bits per heavy atom. The van der Waals surface area contributed by atoms with E-state index in [9.17, 15) is 4.79 Å². The molecule has 0 saturated carbocycles. The van der Waals surface area contributed by atoms with Crippen LogP contribution in [0.4, 0.5) is 5.69 Å². The van der Waals surface area contributed by atoms with Crippen molar-refractivity contribution in [3.8, 4) is 0 Å². The number of carbonyl (C=O) groups is 1. The lowest BCUT2D eigenvalue weighted by Crippen LogP contribution is -2.25. The Hall–Kier alpha value is -2.29. The zero-order chi connectivity index (χ0) is 13.2. The van der Waals surface area contributed by atoms with Gasteiger partial charge in [-0.1, -0.05) is 30.3 Å². The van der Waals surface area contributed by atoms with Crippen LogP contribution in [0.2, 0.25) is 0 Å². The van der Waals surface area contributed by atoms with Gasteiger partial charge in [0.1, 0.15) is 0 Å². The lowest BCUT2D eigenvalue weighted by molar-refractivity contribution is -0.113. The number of ketones is 1. The summed E-state index contributed by atoms with van der Waals surface area (Å²) in [6.45, 7) is 1.16. The molecule has 1 aliphatic rings. The highest BCUT2D eigenvalue weighted by Gasteiger charge is 2.12. The summed E-state index contributed by atoms with van der Waals surface area (Å²) in [6.07, 6.45) is 1.69. The number of nitrogens with zero attached hydrogens (tertiary/aromatic N) is 1. The van der Waals surface area contributed by atoms with Gasteiger partial charge < -0.3 is 10.2 Å². The second-order valence-corrected chi connectivity index (χ2v) is 4.88. The predicted molar refractivity (Wildman–Crippen MR) is 78.3 cm³/mol. The number of hydrogen-bond donors (Lipinski definition) is 1. The third-order valence-electron chi connectivity index (χ3n) is 3.41. The fraction of sp³-hybridized carbons (Fsp3) is 0.188. The highest BCUT2D eigenvalue weighted by molar-refractivity contribution is 5.94. The largest absolute Gasteiger partial charge is 0.379 e. The summed E-state index contributed by atoms with van der Waals surface area (Å²) in [5.74, 6) is 0.155. The van der Waals surface area contributed by atoms with Crippen LogP contribution in [-0.4, -0.2) is 25.9 Å². The van der Waals surface area contributed by atoms with Crippen molar-refractivity contribution in [2.75, 3.05) is 25.0 Å². The molecule has 0 bridgehead atoms. The van der Waals surface area contributed by atoms with Gasteiger partial charge in [0, 0.05) is 24.5 Å². The Labute approximate surface area is 112 Å². The van der Waals surface area contributed by atoms with Crippen LogP contribution in [0.25, 0.3) is 10.8 Å². The highest BCUT2D eigenvalue weighted by Crippen LogP contribution is 2.21. The van der Waals surface area contributed by atoms with Crippen molar-refractivity contribution in [1.82, 2.24) is 5.32 Å². The van der Waals surface area contributed by atoms with Crippen molar-refractivity contribution in [3.63, 3.8) is 0 Å². The first-order chi connectivity index (χ1) is 9.22. The molecule has 3 rings (SSSR count). The van der Waals surface area contributed by atoms with Gasteiger partial charge in [0.15, 0.2) is 5.78 Å². The Balaban J connectivity index is 1.83. The third kappa shape index (κ3) is 2.45. The van der Waals surface area contributed by atoms with Gasteiger partial charge in [-0.25, -0.2) is 0 Å². The molecular weight excluding hydrogens is 236 g/mol. The van der Waals surface area contributed by atoms with Gasteiger partial charge in [-0.15, -0.1) is 0 Å². The maximum atomic E-state index is 11.2. The lowest BCUT2D eigenvalue weighted by Gasteiger charge is -2.20. The number of carbonyl (C=O) groups excluding carboxylic acids is 1. The monoisotopic (exact) mass is 252 g/mol. The molecule has 0 spiro atoms. The summed E-state index contributed by atoms with van der Waals surface area (Å²) in [5.41, 5.74) is 2.14. The third-order valence-corrected chi connectivity index (χ3v) is 3.41. The van der Waals surface area contributed by atoms with E-state index < -0.39 is 0 Å². The molecule has 0 atom stereocenters. The Morgan fingerprint density at radius 1 is 1.16 bits per heavy atom. The van der Waals surface area contributed by atoms with Crippen LogP contribution < -0.4 is 10.2 Å². The van der Waals surface area contributed by atoms with E-state index >= 15 is 0 Å². The van der Waals surface area contributed by atoms with Crippen LogP contribution in [0.5, 0.6) is 0 Å². The molecule has 3 heteroatoms. The van der Waals surface area contributed by atoms with E-state index in [1.54, 1.807) is 6.08 Å². The second-order valence-electron chi connectivity index (χ2n) is 4.88. The topological polar surface area (TPSA) is 32.3 Å². The van der Waals surface area contributed by atoms with Crippen LogP contribution in [0.15, 0.2) is 54.2 Å². The van der Waals surface area contributed by atoms with Gasteiger partial charge in [-0.05, 0) is 22.9 Å². The quantitative estimate of drug-likeness (QED) is 0.910. The van der Waals surface area contributed by atoms with Gasteiger partial charge in [0.2, 0.25) is 0 Å². The summed E-state index contributed by atoms with van der Waals surface area (Å²) in [4.78, 5) is 13.3. The molecule has 0 saturated heterocycles. The first-order valence-electron chi connectivity index (χ1n) is 6.39. The first-order valence-corrected chi connectivity index (χ1v) is 6.39. The number of nitrogens with one attached hydrogen (secondary N) is 1. The molecule has 19 heavy (non-hydrogen) atoms. The zero-order valence-corrected chi connectivity index (χ0v) is 10.9. The summed E-state index contributed by atoms with van der Waals surface area (Å²) in [5, 5.41) is 5.59. The summed E-state index contributed by atoms with van der Waals surface area (Å²) < 4.78 is 0. The van der Waals surface area contributed by atoms with Crippen LogP contribution in [0.1, 0.15) is 0 Å². The van der Waals surface area contributed by atoms with Crippen molar-refractivity contribution in [3.05, 3.63) is 54.2 Å². The summed E-state index contributed by atoms with van der Waals surface area (Å²) >= 11 is 0. The fourth-order valence-electron chi connectivity index (χ4n) is 2.36. The second kappa shape index (κ2) is 4.76. The normalized spacial score (nSPS) is 14.4. The molecule has 0 fully saturated rings. The minimum absolute atomic E-state index is 0.155. The molecule has 0 aliphatic carbocycles. The molecule has 2 aromatic rings. The van der Waals surface area contributed by atoms with E-state index in [4.69, 9.17) is 0 Å². The van der Waals surface area contributed by atoms with E-state index in [2.05, 4.69) is 40.5 Å². The van der Waals surface area contributed by atoms with E-state index in [-0.39, 0.29) is 5.78 Å². The first kappa shape index (κ1) is 11.8. The lowest BCUT2D eigenvalue weighted by atomic mass is 10.1. The fourth-order valence-corrected chi connectivity index (χ4v) is 2.36. The van der Waals surface area contributed by atoms with Crippen LogP contribution in [-0.2, 0) is 4.79 Å². The number of benzene rings is 2. The minimum atomic E-state index is 0.155. The molecule has 3 nitrogen and oxygen atoms in total. The molecule has 96 valence electrons. The average Bonchev–Trinajstić information content (AvgIpc) is 2.83. The van der Waals surface area contributed by atoms with E-state index in [0.29, 0.717) is 6.54 Å². The zero-order valence-electron chi connectivity index (χ0n) is 10.9. The Kier molecular flexibility index (Phi) is 2.95. The van der Waals surface area contributed by atoms with Gasteiger partial charge >= 0.3 is 0 Å². The van der Waals surface area contributed by atoms with Crippen molar-refractivity contribution in [2.24, 2.45) is 0 Å².